The molecule has 0 aliphatic carbocycles. The topological polar surface area (TPSA) is 84.0 Å². The van der Waals surface area contributed by atoms with E-state index < -0.39 is 6.10 Å². The Labute approximate surface area is 101 Å². The van der Waals surface area contributed by atoms with Gasteiger partial charge in [0.05, 0.1) is 36.9 Å². The molecule has 0 radical (unpaired) electrons. The molecule has 17 heavy (non-hydrogen) atoms. The van der Waals surface area contributed by atoms with Crippen molar-refractivity contribution >= 4 is 0 Å². The lowest BCUT2D eigenvalue weighted by molar-refractivity contribution is 0.128. The van der Waals surface area contributed by atoms with E-state index in [1.165, 1.54) is 0 Å². The molecule has 0 bridgehead atoms. The smallest absolute Gasteiger partial charge is 0.100 e. The number of hydrogen-bond acceptors (Lipinski definition) is 5. The van der Waals surface area contributed by atoms with Gasteiger partial charge in [-0.2, -0.15) is 5.26 Å². The first kappa shape index (κ1) is 13.6. The summed E-state index contributed by atoms with van der Waals surface area (Å²) in [5, 5.41) is 26.3. The van der Waals surface area contributed by atoms with Crippen LogP contribution in [0.15, 0.2) is 0 Å². The monoisotopic (exact) mass is 238 g/mol. The van der Waals surface area contributed by atoms with E-state index in [9.17, 15) is 5.11 Å². The molecule has 0 aromatic carbocycles. The second kappa shape index (κ2) is 6.33. The molecule has 1 aromatic heterocycles. The first-order valence-electron chi connectivity index (χ1n) is 5.58. The lowest BCUT2D eigenvalue weighted by atomic mass is 10.1. The maximum Gasteiger partial charge on any atom is 0.100 e. The summed E-state index contributed by atoms with van der Waals surface area (Å²) in [5.74, 6) is 0. The first-order chi connectivity index (χ1) is 8.11. The molecule has 0 amide bonds. The van der Waals surface area contributed by atoms with Gasteiger partial charge in [0.25, 0.3) is 0 Å². The quantitative estimate of drug-likeness (QED) is 0.779. The van der Waals surface area contributed by atoms with Crippen molar-refractivity contribution in [2.45, 2.75) is 38.8 Å². The predicted molar refractivity (Wildman–Crippen MR) is 61.3 cm³/mol. The van der Waals surface area contributed by atoms with Crippen molar-refractivity contribution in [2.75, 3.05) is 13.7 Å². The van der Waals surface area contributed by atoms with E-state index in [1.807, 2.05) is 6.92 Å². The van der Waals surface area contributed by atoms with Gasteiger partial charge in [-0.1, -0.05) is 5.21 Å². The van der Waals surface area contributed by atoms with Gasteiger partial charge in [0.15, 0.2) is 0 Å². The Kier molecular flexibility index (Phi) is 5.07. The van der Waals surface area contributed by atoms with Crippen molar-refractivity contribution in [2.24, 2.45) is 0 Å². The molecule has 0 saturated carbocycles. The SMILES string of the molecule is COCCc1c(CC#N)nnn1C(C)C(C)O. The number of nitrogens with zero attached hydrogens (tertiary/aromatic N) is 4. The summed E-state index contributed by atoms with van der Waals surface area (Å²) >= 11 is 0. The Morgan fingerprint density at radius 1 is 1.53 bits per heavy atom. The van der Waals surface area contributed by atoms with Crippen molar-refractivity contribution in [1.82, 2.24) is 15.0 Å². The molecule has 0 aliphatic heterocycles. The Bertz CT molecular complexity index is 395. The van der Waals surface area contributed by atoms with Gasteiger partial charge in [-0.3, -0.25) is 0 Å². The zero-order chi connectivity index (χ0) is 12.8. The second-order valence-electron chi connectivity index (χ2n) is 3.99. The number of aromatic nitrogens is 3. The van der Waals surface area contributed by atoms with Crippen LogP contribution >= 0.6 is 0 Å². The van der Waals surface area contributed by atoms with Crippen LogP contribution in [0.25, 0.3) is 0 Å². The van der Waals surface area contributed by atoms with Crippen LogP contribution in [0.4, 0.5) is 0 Å². The van der Waals surface area contributed by atoms with Crippen LogP contribution in [0.1, 0.15) is 31.3 Å². The van der Waals surface area contributed by atoms with Crippen LogP contribution in [0.3, 0.4) is 0 Å². The van der Waals surface area contributed by atoms with Gasteiger partial charge in [-0.25, -0.2) is 4.68 Å². The maximum atomic E-state index is 9.58. The Morgan fingerprint density at radius 2 is 2.24 bits per heavy atom. The minimum atomic E-state index is -0.520. The highest BCUT2D eigenvalue weighted by Crippen LogP contribution is 2.16. The molecule has 2 atom stereocenters. The molecule has 6 nitrogen and oxygen atoms in total. The molecule has 0 spiro atoms. The minimum absolute atomic E-state index is 0.165. The van der Waals surface area contributed by atoms with Gasteiger partial charge >= 0.3 is 0 Å². The summed E-state index contributed by atoms with van der Waals surface area (Å²) in [6, 6.07) is 1.90. The molecule has 2 unspecified atom stereocenters. The van der Waals surface area contributed by atoms with Crippen LogP contribution in [-0.2, 0) is 17.6 Å². The molecule has 0 aliphatic rings. The molecular formula is C11H18N4O2. The first-order valence-corrected chi connectivity index (χ1v) is 5.58. The fraction of sp³-hybridized carbons (Fsp3) is 0.727. The average Bonchev–Trinajstić information content (AvgIpc) is 2.69. The Balaban J connectivity index is 3.00. The van der Waals surface area contributed by atoms with E-state index in [1.54, 1.807) is 18.7 Å². The predicted octanol–water partition coefficient (Wildman–Crippen LogP) is 0.475. The van der Waals surface area contributed by atoms with Crippen molar-refractivity contribution in [3.63, 3.8) is 0 Å². The molecular weight excluding hydrogens is 220 g/mol. The third-order valence-corrected chi connectivity index (χ3v) is 2.74. The lowest BCUT2D eigenvalue weighted by Gasteiger charge is -2.17. The maximum absolute atomic E-state index is 9.58. The fourth-order valence-corrected chi connectivity index (χ4v) is 1.55. The zero-order valence-corrected chi connectivity index (χ0v) is 10.4. The summed E-state index contributed by atoms with van der Waals surface area (Å²) in [5.41, 5.74) is 1.53. The molecule has 0 fully saturated rings. The highest BCUT2D eigenvalue weighted by atomic mass is 16.5. The van der Waals surface area contributed by atoms with Crippen molar-refractivity contribution in [3.05, 3.63) is 11.4 Å². The van der Waals surface area contributed by atoms with E-state index >= 15 is 0 Å². The molecule has 1 aromatic rings. The van der Waals surface area contributed by atoms with E-state index in [0.29, 0.717) is 18.7 Å². The normalized spacial score (nSPS) is 14.3. The molecule has 1 heterocycles. The molecule has 1 N–H and O–H groups in total. The van der Waals surface area contributed by atoms with Crippen LogP contribution in [0, 0.1) is 11.3 Å². The van der Waals surface area contributed by atoms with E-state index in [4.69, 9.17) is 10.00 Å². The Morgan fingerprint density at radius 3 is 2.76 bits per heavy atom. The molecule has 1 rings (SSSR count). The fourth-order valence-electron chi connectivity index (χ4n) is 1.55. The summed E-state index contributed by atoms with van der Waals surface area (Å²) in [4.78, 5) is 0. The van der Waals surface area contributed by atoms with Gasteiger partial charge in [0, 0.05) is 13.5 Å². The number of aliphatic hydroxyl groups excluding tert-OH is 1. The molecule has 94 valence electrons. The number of hydrogen-bond donors (Lipinski definition) is 1. The van der Waals surface area contributed by atoms with Crippen LogP contribution < -0.4 is 0 Å². The number of rotatable bonds is 6. The lowest BCUT2D eigenvalue weighted by Crippen LogP contribution is -2.22. The summed E-state index contributed by atoms with van der Waals surface area (Å²) in [6.07, 6.45) is 0.344. The number of methoxy groups -OCH3 is 1. The number of nitriles is 1. The largest absolute Gasteiger partial charge is 0.391 e. The van der Waals surface area contributed by atoms with E-state index in [-0.39, 0.29) is 12.5 Å². The van der Waals surface area contributed by atoms with Crippen LogP contribution in [-0.4, -0.2) is 39.9 Å². The molecule has 0 saturated heterocycles. The Hall–Kier alpha value is -1.45. The average molecular weight is 238 g/mol. The van der Waals surface area contributed by atoms with E-state index in [0.717, 1.165) is 5.69 Å². The minimum Gasteiger partial charge on any atom is -0.391 e. The third kappa shape index (κ3) is 3.25. The second-order valence-corrected chi connectivity index (χ2v) is 3.99. The highest BCUT2D eigenvalue weighted by Gasteiger charge is 2.19. The number of ether oxygens (including phenoxy) is 1. The standard InChI is InChI=1S/C11H18N4O2/c1-8(9(2)16)15-11(5-7-17-3)10(4-6-12)13-14-15/h8-9,16H,4-5,7H2,1-3H3. The third-order valence-electron chi connectivity index (χ3n) is 2.74. The van der Waals surface area contributed by atoms with E-state index in [2.05, 4.69) is 16.4 Å². The molecule has 6 heteroatoms. The van der Waals surface area contributed by atoms with Crippen molar-refractivity contribution in [3.8, 4) is 6.07 Å². The summed E-state index contributed by atoms with van der Waals surface area (Å²) in [6.45, 7) is 4.11. The zero-order valence-electron chi connectivity index (χ0n) is 10.4. The van der Waals surface area contributed by atoms with Crippen LogP contribution in [0.5, 0.6) is 0 Å². The van der Waals surface area contributed by atoms with Gasteiger partial charge in [-0.05, 0) is 13.8 Å². The van der Waals surface area contributed by atoms with Crippen molar-refractivity contribution in [1.29, 1.82) is 5.26 Å². The van der Waals surface area contributed by atoms with Crippen molar-refractivity contribution < 1.29 is 9.84 Å². The van der Waals surface area contributed by atoms with Crippen LogP contribution in [0.2, 0.25) is 0 Å². The summed E-state index contributed by atoms with van der Waals surface area (Å²) in [7, 11) is 1.62. The van der Waals surface area contributed by atoms with Gasteiger partial charge in [-0.15, -0.1) is 5.10 Å². The van der Waals surface area contributed by atoms with Gasteiger partial charge in [0.1, 0.15) is 5.69 Å². The van der Waals surface area contributed by atoms with Gasteiger partial charge in [0.2, 0.25) is 0 Å². The summed E-state index contributed by atoms with van der Waals surface area (Å²) < 4.78 is 6.71. The van der Waals surface area contributed by atoms with Gasteiger partial charge < -0.3 is 9.84 Å². The highest BCUT2D eigenvalue weighted by molar-refractivity contribution is 5.15. The number of aliphatic hydroxyl groups is 1.